The van der Waals surface area contributed by atoms with Crippen LogP contribution >= 0.6 is 12.2 Å². The molecule has 5 nitrogen and oxygen atoms in total. The van der Waals surface area contributed by atoms with E-state index in [9.17, 15) is 0 Å². The molecule has 1 aliphatic heterocycles. The van der Waals surface area contributed by atoms with Crippen LogP contribution in [0.1, 0.15) is 45.9 Å². The van der Waals surface area contributed by atoms with E-state index in [-0.39, 0.29) is 12.1 Å². The van der Waals surface area contributed by atoms with Gasteiger partial charge in [0.1, 0.15) is 11.5 Å². The first-order valence-electron chi connectivity index (χ1n) is 13.5. The molecule has 0 saturated carbocycles. The van der Waals surface area contributed by atoms with E-state index in [2.05, 4.69) is 84.9 Å². The Labute approximate surface area is 241 Å². The van der Waals surface area contributed by atoms with Gasteiger partial charge in [-0.3, -0.25) is 4.98 Å². The number of thiocarbonyl (C=S) groups is 1. The summed E-state index contributed by atoms with van der Waals surface area (Å²) in [5.74, 6) is 1.58. The van der Waals surface area contributed by atoms with E-state index in [1.807, 2.05) is 60.8 Å². The van der Waals surface area contributed by atoms with Crippen LogP contribution in [0.25, 0.3) is 5.69 Å². The highest BCUT2D eigenvalue weighted by Crippen LogP contribution is 2.44. The predicted octanol–water partition coefficient (Wildman–Crippen LogP) is 8.08. The molecule has 0 radical (unpaired) electrons. The van der Waals surface area contributed by atoms with Crippen LogP contribution in [0, 0.1) is 27.7 Å². The van der Waals surface area contributed by atoms with Crippen LogP contribution in [-0.2, 0) is 0 Å². The van der Waals surface area contributed by atoms with E-state index in [0.717, 1.165) is 22.9 Å². The smallest absolute Gasteiger partial charge is 0.174 e. The Morgan fingerprint density at radius 1 is 0.750 bits per heavy atom. The largest absolute Gasteiger partial charge is 0.457 e. The number of hydrogen-bond donors (Lipinski definition) is 1. The Morgan fingerprint density at radius 3 is 2.10 bits per heavy atom. The third kappa shape index (κ3) is 4.87. The van der Waals surface area contributed by atoms with Crippen LogP contribution in [0.4, 0.5) is 5.69 Å². The lowest BCUT2D eigenvalue weighted by atomic mass is 9.96. The van der Waals surface area contributed by atoms with Crippen LogP contribution in [0.2, 0.25) is 0 Å². The summed E-state index contributed by atoms with van der Waals surface area (Å²) in [6, 6.07) is 32.8. The number of rotatable bonds is 6. The maximum atomic E-state index is 6.05. The number of benzene rings is 3. The Balaban J connectivity index is 1.43. The lowest BCUT2D eigenvalue weighted by Gasteiger charge is -2.28. The number of nitrogens with one attached hydrogen (secondary N) is 1. The van der Waals surface area contributed by atoms with E-state index in [1.165, 1.54) is 33.8 Å². The molecule has 200 valence electrons. The van der Waals surface area contributed by atoms with Gasteiger partial charge in [0.25, 0.3) is 0 Å². The molecule has 0 amide bonds. The summed E-state index contributed by atoms with van der Waals surface area (Å²) < 4.78 is 8.40. The number of ether oxygens (including phenoxy) is 1. The monoisotopic (exact) mass is 544 g/mol. The first kappa shape index (κ1) is 25.8. The van der Waals surface area contributed by atoms with Gasteiger partial charge < -0.3 is 19.5 Å². The van der Waals surface area contributed by atoms with Gasteiger partial charge in [0, 0.05) is 29.0 Å². The summed E-state index contributed by atoms with van der Waals surface area (Å²) in [5, 5.41) is 4.26. The van der Waals surface area contributed by atoms with Crippen molar-refractivity contribution in [2.45, 2.75) is 39.8 Å². The van der Waals surface area contributed by atoms with Crippen LogP contribution in [0.5, 0.6) is 11.5 Å². The molecule has 1 aliphatic rings. The zero-order valence-electron chi connectivity index (χ0n) is 23.1. The molecule has 2 atom stereocenters. The number of para-hydroxylation sites is 1. The minimum atomic E-state index is -0.109. The van der Waals surface area contributed by atoms with Gasteiger partial charge in [-0.1, -0.05) is 30.3 Å². The highest BCUT2D eigenvalue weighted by atomic mass is 32.1. The van der Waals surface area contributed by atoms with Gasteiger partial charge in [-0.2, -0.15) is 0 Å². The molecule has 0 aliphatic carbocycles. The van der Waals surface area contributed by atoms with Crippen molar-refractivity contribution in [1.82, 2.24) is 14.9 Å². The number of hydrogen-bond acceptors (Lipinski definition) is 3. The summed E-state index contributed by atoms with van der Waals surface area (Å²) >= 11 is 5.97. The molecule has 6 rings (SSSR count). The molecule has 2 aromatic heterocycles. The standard InChI is InChI=1S/C34H32N4OS/c1-22-18-23(2)20-27(19-22)37-24(3)21-30(25(37)4)33-32(31-12-8-9-17-35-31)36-34(40)38(33)26-13-15-29(16-14-26)39-28-10-6-5-7-11-28/h5-21,32-33H,1-4H3,(H,36,40)/t32-,33-/m1/s1. The summed E-state index contributed by atoms with van der Waals surface area (Å²) in [4.78, 5) is 6.94. The molecular formula is C34H32N4OS. The molecule has 0 bridgehead atoms. The Morgan fingerprint density at radius 2 is 1.43 bits per heavy atom. The lowest BCUT2D eigenvalue weighted by Crippen LogP contribution is -2.29. The zero-order chi connectivity index (χ0) is 27.8. The van der Waals surface area contributed by atoms with Gasteiger partial charge in [-0.25, -0.2) is 0 Å². The Hall–Kier alpha value is -4.42. The Bertz CT molecular complexity index is 1640. The highest BCUT2D eigenvalue weighted by molar-refractivity contribution is 7.80. The van der Waals surface area contributed by atoms with Gasteiger partial charge >= 0.3 is 0 Å². The van der Waals surface area contributed by atoms with Crippen LogP contribution in [-0.4, -0.2) is 14.7 Å². The molecule has 0 spiro atoms. The third-order valence-corrected chi connectivity index (χ3v) is 7.76. The van der Waals surface area contributed by atoms with Crippen molar-refractivity contribution in [2.75, 3.05) is 4.90 Å². The van der Waals surface area contributed by atoms with E-state index >= 15 is 0 Å². The number of pyridine rings is 1. The first-order chi connectivity index (χ1) is 19.4. The van der Waals surface area contributed by atoms with E-state index in [4.69, 9.17) is 21.9 Å². The van der Waals surface area contributed by atoms with Crippen molar-refractivity contribution < 1.29 is 4.74 Å². The SMILES string of the molecule is Cc1cc(C)cc(-n2c(C)cc([C@@H]3[C@@H](c4ccccn4)NC(=S)N3c3ccc(Oc4ccccc4)cc3)c2C)c1. The lowest BCUT2D eigenvalue weighted by molar-refractivity contribution is 0.482. The average molecular weight is 545 g/mol. The second kappa shape index (κ2) is 10.6. The van der Waals surface area contributed by atoms with Crippen molar-refractivity contribution >= 4 is 23.0 Å². The molecule has 3 heterocycles. The third-order valence-electron chi connectivity index (χ3n) is 7.45. The van der Waals surface area contributed by atoms with Crippen molar-refractivity contribution in [1.29, 1.82) is 0 Å². The zero-order valence-corrected chi connectivity index (χ0v) is 23.9. The van der Waals surface area contributed by atoms with Crippen molar-refractivity contribution in [3.63, 3.8) is 0 Å². The normalized spacial score (nSPS) is 16.7. The van der Waals surface area contributed by atoms with Gasteiger partial charge in [0.15, 0.2) is 5.11 Å². The molecule has 1 fully saturated rings. The van der Waals surface area contributed by atoms with Gasteiger partial charge in [0.2, 0.25) is 0 Å². The molecule has 6 heteroatoms. The summed E-state index contributed by atoms with van der Waals surface area (Å²) in [6.45, 7) is 8.67. The van der Waals surface area contributed by atoms with Crippen molar-refractivity contribution in [3.8, 4) is 17.2 Å². The molecule has 40 heavy (non-hydrogen) atoms. The molecule has 5 aromatic rings. The van der Waals surface area contributed by atoms with Crippen molar-refractivity contribution in [2.24, 2.45) is 0 Å². The van der Waals surface area contributed by atoms with E-state index < -0.39 is 0 Å². The maximum Gasteiger partial charge on any atom is 0.174 e. The van der Waals surface area contributed by atoms with Gasteiger partial charge in [-0.05, 0) is 123 Å². The number of nitrogens with zero attached hydrogens (tertiary/aromatic N) is 3. The maximum absolute atomic E-state index is 6.05. The Kier molecular flexibility index (Phi) is 6.86. The summed E-state index contributed by atoms with van der Waals surface area (Å²) in [7, 11) is 0. The first-order valence-corrected chi connectivity index (χ1v) is 13.9. The summed E-state index contributed by atoms with van der Waals surface area (Å²) in [6.07, 6.45) is 1.84. The molecule has 1 saturated heterocycles. The van der Waals surface area contributed by atoms with Crippen LogP contribution < -0.4 is 15.0 Å². The molecule has 0 unspecified atom stereocenters. The number of aromatic nitrogens is 2. The van der Waals surface area contributed by atoms with Crippen LogP contribution in [0.15, 0.2) is 103 Å². The minimum Gasteiger partial charge on any atom is -0.457 e. The molecular weight excluding hydrogens is 512 g/mol. The average Bonchev–Trinajstić information content (AvgIpc) is 3.44. The minimum absolute atomic E-state index is 0.0888. The summed E-state index contributed by atoms with van der Waals surface area (Å²) in [5.41, 5.74) is 9.21. The van der Waals surface area contributed by atoms with E-state index in [0.29, 0.717) is 5.11 Å². The van der Waals surface area contributed by atoms with E-state index in [1.54, 1.807) is 0 Å². The fraction of sp³-hybridized carbons (Fsp3) is 0.176. The quantitative estimate of drug-likeness (QED) is 0.219. The second-order valence-corrected chi connectivity index (χ2v) is 10.8. The predicted molar refractivity (Wildman–Crippen MR) is 166 cm³/mol. The highest BCUT2D eigenvalue weighted by Gasteiger charge is 2.42. The van der Waals surface area contributed by atoms with Gasteiger partial charge in [0.05, 0.1) is 17.8 Å². The van der Waals surface area contributed by atoms with Gasteiger partial charge in [-0.15, -0.1) is 0 Å². The van der Waals surface area contributed by atoms with Crippen LogP contribution in [0.3, 0.4) is 0 Å². The fourth-order valence-electron chi connectivity index (χ4n) is 5.81. The molecule has 1 N–H and O–H groups in total. The number of anilines is 1. The fourth-order valence-corrected chi connectivity index (χ4v) is 6.16. The van der Waals surface area contributed by atoms with Crippen molar-refractivity contribution in [3.05, 3.63) is 137 Å². The second-order valence-electron chi connectivity index (χ2n) is 10.4. The number of aryl methyl sites for hydroxylation is 3. The topological polar surface area (TPSA) is 42.3 Å². The molecule has 3 aromatic carbocycles.